The fourth-order valence-corrected chi connectivity index (χ4v) is 2.16. The zero-order chi connectivity index (χ0) is 13.7. The van der Waals surface area contributed by atoms with Crippen molar-refractivity contribution in [1.82, 2.24) is 25.5 Å². The van der Waals surface area contributed by atoms with E-state index in [-0.39, 0.29) is 12.5 Å². The Morgan fingerprint density at radius 1 is 1.53 bits per heavy atom. The fraction of sp³-hybridized carbons (Fsp3) is 0.700. The molecule has 9 heteroatoms. The third kappa shape index (κ3) is 4.51. The van der Waals surface area contributed by atoms with E-state index in [4.69, 9.17) is 0 Å². The second kappa shape index (κ2) is 6.50. The van der Waals surface area contributed by atoms with Crippen LogP contribution < -0.4 is 5.32 Å². The number of ether oxygens (including phenoxy) is 1. The van der Waals surface area contributed by atoms with E-state index in [1.54, 1.807) is 0 Å². The number of nitrogens with one attached hydrogen (secondary N) is 1. The van der Waals surface area contributed by atoms with Gasteiger partial charge in [-0.1, -0.05) is 11.8 Å². The number of hydrogen-bond acceptors (Lipinski definition) is 7. The standard InChI is InChI=1S/C10H15N5O3S/c1-18-9(17)6-15-10(12-13-14-15)19-5-4-8(16)11-7-2-3-7/h7H,2-6H2,1H3,(H,11,16). The summed E-state index contributed by atoms with van der Waals surface area (Å²) in [7, 11) is 1.31. The Kier molecular flexibility index (Phi) is 4.72. The summed E-state index contributed by atoms with van der Waals surface area (Å²) >= 11 is 1.34. The zero-order valence-electron chi connectivity index (χ0n) is 10.5. The SMILES string of the molecule is COC(=O)Cn1nnnc1SCCC(=O)NC1CC1. The smallest absolute Gasteiger partial charge is 0.327 e. The highest BCUT2D eigenvalue weighted by Gasteiger charge is 2.23. The van der Waals surface area contributed by atoms with Gasteiger partial charge >= 0.3 is 5.97 Å². The molecule has 1 N–H and O–H groups in total. The second-order valence-corrected chi connectivity index (χ2v) is 5.20. The Hall–Kier alpha value is -1.64. The van der Waals surface area contributed by atoms with Crippen LogP contribution in [0.3, 0.4) is 0 Å². The van der Waals surface area contributed by atoms with E-state index in [2.05, 4.69) is 25.6 Å². The molecule has 2 rings (SSSR count). The number of amides is 1. The molecule has 19 heavy (non-hydrogen) atoms. The van der Waals surface area contributed by atoms with E-state index in [9.17, 15) is 9.59 Å². The summed E-state index contributed by atoms with van der Waals surface area (Å²) in [6.07, 6.45) is 2.57. The van der Waals surface area contributed by atoms with Crippen molar-refractivity contribution < 1.29 is 14.3 Å². The van der Waals surface area contributed by atoms with Gasteiger partial charge in [-0.2, -0.15) is 0 Å². The average Bonchev–Trinajstić information content (AvgIpc) is 3.09. The van der Waals surface area contributed by atoms with Crippen molar-refractivity contribution in [2.75, 3.05) is 12.9 Å². The number of tetrazole rings is 1. The summed E-state index contributed by atoms with van der Waals surface area (Å²) in [5.41, 5.74) is 0. The van der Waals surface area contributed by atoms with E-state index in [0.717, 1.165) is 12.8 Å². The van der Waals surface area contributed by atoms with Crippen LogP contribution in [0, 0.1) is 0 Å². The van der Waals surface area contributed by atoms with Gasteiger partial charge in [-0.15, -0.1) is 5.10 Å². The minimum Gasteiger partial charge on any atom is -0.468 e. The van der Waals surface area contributed by atoms with Crippen LogP contribution in [0.4, 0.5) is 0 Å². The third-order valence-corrected chi connectivity index (χ3v) is 3.47. The lowest BCUT2D eigenvalue weighted by molar-refractivity contribution is -0.141. The van der Waals surface area contributed by atoms with Crippen LogP contribution in [-0.2, 0) is 20.9 Å². The molecular formula is C10H15N5O3S. The molecule has 1 amide bonds. The van der Waals surface area contributed by atoms with Crippen molar-refractivity contribution in [2.24, 2.45) is 0 Å². The molecule has 1 aliphatic carbocycles. The first-order valence-corrected chi connectivity index (χ1v) is 6.92. The van der Waals surface area contributed by atoms with Crippen LogP contribution in [0.5, 0.6) is 0 Å². The Bertz CT molecular complexity index is 460. The lowest BCUT2D eigenvalue weighted by Crippen LogP contribution is -2.25. The summed E-state index contributed by atoms with van der Waals surface area (Å²) in [5.74, 6) is 0.197. The lowest BCUT2D eigenvalue weighted by atomic mass is 10.4. The van der Waals surface area contributed by atoms with Gasteiger partial charge in [-0.25, -0.2) is 4.68 Å². The van der Waals surface area contributed by atoms with Crippen LogP contribution in [0.1, 0.15) is 19.3 Å². The largest absolute Gasteiger partial charge is 0.468 e. The number of nitrogens with zero attached hydrogens (tertiary/aromatic N) is 4. The van der Waals surface area contributed by atoms with Gasteiger partial charge in [0, 0.05) is 18.2 Å². The molecule has 0 spiro atoms. The zero-order valence-corrected chi connectivity index (χ0v) is 11.4. The molecule has 0 bridgehead atoms. The number of methoxy groups -OCH3 is 1. The van der Waals surface area contributed by atoms with Crippen LogP contribution in [0.15, 0.2) is 5.16 Å². The third-order valence-electron chi connectivity index (χ3n) is 2.51. The molecule has 1 aliphatic rings. The number of esters is 1. The Labute approximate surface area is 114 Å². The van der Waals surface area contributed by atoms with Gasteiger partial charge in [0.15, 0.2) is 0 Å². The lowest BCUT2D eigenvalue weighted by Gasteiger charge is -2.03. The molecule has 0 aliphatic heterocycles. The first-order chi connectivity index (χ1) is 9.19. The highest BCUT2D eigenvalue weighted by molar-refractivity contribution is 7.99. The van der Waals surface area contributed by atoms with Crippen molar-refractivity contribution in [3.63, 3.8) is 0 Å². The van der Waals surface area contributed by atoms with Crippen LogP contribution >= 0.6 is 11.8 Å². The van der Waals surface area contributed by atoms with Crippen LogP contribution in [0.2, 0.25) is 0 Å². The van der Waals surface area contributed by atoms with Crippen molar-refractivity contribution in [1.29, 1.82) is 0 Å². The van der Waals surface area contributed by atoms with Crippen LogP contribution in [0.25, 0.3) is 0 Å². The molecule has 0 atom stereocenters. The Balaban J connectivity index is 1.74. The summed E-state index contributed by atoms with van der Waals surface area (Å²) in [5, 5.41) is 14.4. The minimum atomic E-state index is -0.416. The van der Waals surface area contributed by atoms with Crippen molar-refractivity contribution >= 4 is 23.6 Å². The normalized spacial score (nSPS) is 14.2. The number of carbonyl (C=O) groups is 2. The summed E-state index contributed by atoms with van der Waals surface area (Å²) in [6, 6.07) is 0.377. The van der Waals surface area contributed by atoms with Gasteiger partial charge in [-0.3, -0.25) is 9.59 Å². The maximum atomic E-state index is 11.5. The topological polar surface area (TPSA) is 99.0 Å². The first kappa shape index (κ1) is 13.8. The van der Waals surface area contributed by atoms with E-state index in [0.29, 0.717) is 23.4 Å². The molecular weight excluding hydrogens is 270 g/mol. The minimum absolute atomic E-state index is 0.0277. The maximum Gasteiger partial charge on any atom is 0.327 e. The summed E-state index contributed by atoms with van der Waals surface area (Å²) < 4.78 is 5.90. The Morgan fingerprint density at radius 3 is 3.00 bits per heavy atom. The molecule has 1 heterocycles. The Morgan fingerprint density at radius 2 is 2.32 bits per heavy atom. The number of thioether (sulfide) groups is 1. The molecule has 1 saturated carbocycles. The predicted molar refractivity (Wildman–Crippen MR) is 66.3 cm³/mol. The molecule has 1 aromatic heterocycles. The molecule has 8 nitrogen and oxygen atoms in total. The molecule has 0 aromatic carbocycles. The fourth-order valence-electron chi connectivity index (χ4n) is 1.35. The highest BCUT2D eigenvalue weighted by Crippen LogP contribution is 2.19. The number of rotatable bonds is 7. The molecule has 1 aromatic rings. The van der Waals surface area contributed by atoms with Gasteiger partial charge in [0.2, 0.25) is 11.1 Å². The predicted octanol–water partition coefficient (Wildman–Crippen LogP) is -0.393. The van der Waals surface area contributed by atoms with Gasteiger partial charge in [0.25, 0.3) is 0 Å². The van der Waals surface area contributed by atoms with Crippen molar-refractivity contribution in [2.45, 2.75) is 37.0 Å². The molecule has 0 saturated heterocycles. The number of carbonyl (C=O) groups excluding carboxylic acids is 2. The van der Waals surface area contributed by atoms with Gasteiger partial charge in [0.1, 0.15) is 6.54 Å². The van der Waals surface area contributed by atoms with E-state index in [1.807, 2.05) is 0 Å². The van der Waals surface area contributed by atoms with Crippen LogP contribution in [-0.4, -0.2) is 51.0 Å². The monoisotopic (exact) mass is 285 g/mol. The highest BCUT2D eigenvalue weighted by atomic mass is 32.2. The van der Waals surface area contributed by atoms with E-state index < -0.39 is 5.97 Å². The summed E-state index contributed by atoms with van der Waals surface area (Å²) in [6.45, 7) is -0.0277. The molecule has 0 unspecified atom stereocenters. The van der Waals surface area contributed by atoms with Crippen molar-refractivity contribution in [3.05, 3.63) is 0 Å². The molecule has 104 valence electrons. The second-order valence-electron chi connectivity index (χ2n) is 4.14. The first-order valence-electron chi connectivity index (χ1n) is 5.94. The van der Waals surface area contributed by atoms with Gasteiger partial charge < -0.3 is 10.1 Å². The van der Waals surface area contributed by atoms with Gasteiger partial charge in [0.05, 0.1) is 7.11 Å². The van der Waals surface area contributed by atoms with Crippen molar-refractivity contribution in [3.8, 4) is 0 Å². The quantitative estimate of drug-likeness (QED) is 0.538. The average molecular weight is 285 g/mol. The van der Waals surface area contributed by atoms with Gasteiger partial charge in [-0.05, 0) is 23.3 Å². The number of aromatic nitrogens is 4. The number of hydrogen-bond donors (Lipinski definition) is 1. The van der Waals surface area contributed by atoms with E-state index >= 15 is 0 Å². The molecule has 0 radical (unpaired) electrons. The van der Waals surface area contributed by atoms with E-state index in [1.165, 1.54) is 23.6 Å². The summed E-state index contributed by atoms with van der Waals surface area (Å²) in [4.78, 5) is 22.6. The maximum absolute atomic E-state index is 11.5. The molecule has 1 fully saturated rings.